The summed E-state index contributed by atoms with van der Waals surface area (Å²) in [5, 5.41) is 11.6. The number of amides is 1. The zero-order chi connectivity index (χ0) is 17.5. The van der Waals surface area contributed by atoms with Gasteiger partial charge in [-0.3, -0.25) is 4.79 Å². The van der Waals surface area contributed by atoms with Crippen LogP contribution >= 0.6 is 0 Å². The van der Waals surface area contributed by atoms with Crippen molar-refractivity contribution in [2.24, 2.45) is 5.92 Å². The van der Waals surface area contributed by atoms with Crippen molar-refractivity contribution in [3.05, 3.63) is 42.0 Å². The smallest absolute Gasteiger partial charge is 0.326 e. The van der Waals surface area contributed by atoms with Gasteiger partial charge < -0.3 is 19.9 Å². The number of carbonyl (C=O) groups excluding carboxylic acids is 1. The molecule has 1 atom stereocenters. The number of nitrogens with one attached hydrogen (secondary N) is 1. The first-order valence-corrected chi connectivity index (χ1v) is 7.73. The largest absolute Gasteiger partial charge is 0.480 e. The molecule has 0 bridgehead atoms. The number of carboxylic acids is 1. The summed E-state index contributed by atoms with van der Waals surface area (Å²) in [5.74, 6) is 0.129. The maximum absolute atomic E-state index is 11.8. The summed E-state index contributed by atoms with van der Waals surface area (Å²) in [5.41, 5.74) is 0.910. The van der Waals surface area contributed by atoms with Gasteiger partial charge in [0.05, 0.1) is 0 Å². The molecule has 2 rings (SSSR count). The number of benzene rings is 1. The van der Waals surface area contributed by atoms with E-state index in [1.54, 1.807) is 12.2 Å². The van der Waals surface area contributed by atoms with Gasteiger partial charge >= 0.3 is 5.97 Å². The van der Waals surface area contributed by atoms with Crippen LogP contribution in [0.2, 0.25) is 0 Å². The molecular formula is C18H21NO5. The number of allylic oxidation sites excluding steroid dienone is 2. The van der Waals surface area contributed by atoms with Gasteiger partial charge in [0.2, 0.25) is 12.7 Å². The Kier molecular flexibility index (Phi) is 6.01. The molecule has 0 radical (unpaired) electrons. The summed E-state index contributed by atoms with van der Waals surface area (Å²) in [7, 11) is 0. The average molecular weight is 331 g/mol. The van der Waals surface area contributed by atoms with Crippen LogP contribution in [0.15, 0.2) is 36.4 Å². The number of fused-ring (bicyclic) bond motifs is 1. The van der Waals surface area contributed by atoms with Gasteiger partial charge in [0.1, 0.15) is 6.04 Å². The molecule has 0 saturated heterocycles. The van der Waals surface area contributed by atoms with E-state index in [0.717, 1.165) is 5.56 Å². The Balaban J connectivity index is 1.88. The lowest BCUT2D eigenvalue weighted by atomic mass is 10.0. The van der Waals surface area contributed by atoms with Crippen LogP contribution in [0, 0.1) is 5.92 Å². The van der Waals surface area contributed by atoms with Gasteiger partial charge in [-0.2, -0.15) is 0 Å². The third-order valence-electron chi connectivity index (χ3n) is 3.37. The molecule has 1 aromatic carbocycles. The van der Waals surface area contributed by atoms with Crippen molar-refractivity contribution in [2.75, 3.05) is 6.79 Å². The van der Waals surface area contributed by atoms with Crippen LogP contribution in [-0.4, -0.2) is 29.8 Å². The van der Waals surface area contributed by atoms with Crippen LogP contribution < -0.4 is 14.8 Å². The van der Waals surface area contributed by atoms with Gasteiger partial charge in [-0.15, -0.1) is 0 Å². The van der Waals surface area contributed by atoms with Crippen LogP contribution in [0.5, 0.6) is 11.5 Å². The normalized spacial score (nSPS) is 14.5. The van der Waals surface area contributed by atoms with E-state index < -0.39 is 17.9 Å². The summed E-state index contributed by atoms with van der Waals surface area (Å²) in [6, 6.07) is 4.67. The monoisotopic (exact) mass is 331 g/mol. The van der Waals surface area contributed by atoms with Crippen LogP contribution in [0.3, 0.4) is 0 Å². The van der Waals surface area contributed by atoms with Crippen LogP contribution in [0.25, 0.3) is 6.08 Å². The molecule has 1 heterocycles. The fourth-order valence-corrected chi connectivity index (χ4v) is 2.24. The van der Waals surface area contributed by atoms with Crippen molar-refractivity contribution in [3.8, 4) is 11.5 Å². The van der Waals surface area contributed by atoms with Crippen molar-refractivity contribution in [1.82, 2.24) is 5.32 Å². The molecule has 1 amide bonds. The van der Waals surface area contributed by atoms with Crippen molar-refractivity contribution < 1.29 is 24.2 Å². The fourth-order valence-electron chi connectivity index (χ4n) is 2.24. The number of ether oxygens (including phenoxy) is 2. The number of hydrogen-bond acceptors (Lipinski definition) is 4. The van der Waals surface area contributed by atoms with E-state index in [9.17, 15) is 9.59 Å². The number of hydrogen-bond donors (Lipinski definition) is 2. The summed E-state index contributed by atoms with van der Waals surface area (Å²) >= 11 is 0. The number of carbonyl (C=O) groups is 2. The quantitative estimate of drug-likeness (QED) is 0.592. The van der Waals surface area contributed by atoms with E-state index in [0.29, 0.717) is 17.9 Å². The molecule has 0 aromatic heterocycles. The third kappa shape index (κ3) is 5.15. The van der Waals surface area contributed by atoms with Gasteiger partial charge in [0.15, 0.2) is 11.5 Å². The molecule has 2 N–H and O–H groups in total. The van der Waals surface area contributed by atoms with E-state index in [2.05, 4.69) is 5.32 Å². The Morgan fingerprint density at radius 1 is 1.25 bits per heavy atom. The first kappa shape index (κ1) is 17.6. The fraction of sp³-hybridized carbons (Fsp3) is 0.333. The van der Waals surface area contributed by atoms with Crippen molar-refractivity contribution in [1.29, 1.82) is 0 Å². The number of carboxylic acid groups (broad SMARTS) is 1. The molecule has 0 aliphatic carbocycles. The predicted octanol–water partition coefficient (Wildman–Crippen LogP) is 2.60. The summed E-state index contributed by atoms with van der Waals surface area (Å²) in [6.07, 6.45) is 6.78. The molecule has 0 fully saturated rings. The molecule has 1 aliphatic rings. The molecule has 6 nitrogen and oxygen atoms in total. The molecule has 0 spiro atoms. The average Bonchev–Trinajstić information content (AvgIpc) is 2.98. The first-order chi connectivity index (χ1) is 11.5. The second-order valence-electron chi connectivity index (χ2n) is 5.86. The van der Waals surface area contributed by atoms with E-state index in [4.69, 9.17) is 14.6 Å². The lowest BCUT2D eigenvalue weighted by Gasteiger charge is -2.15. The topological polar surface area (TPSA) is 84.9 Å². The predicted molar refractivity (Wildman–Crippen MR) is 89.8 cm³/mol. The summed E-state index contributed by atoms with van der Waals surface area (Å²) in [6.45, 7) is 4.04. The molecule has 128 valence electrons. The highest BCUT2D eigenvalue weighted by atomic mass is 16.7. The van der Waals surface area contributed by atoms with Gasteiger partial charge in [-0.1, -0.05) is 38.1 Å². The highest BCUT2D eigenvalue weighted by Crippen LogP contribution is 2.32. The molecule has 6 heteroatoms. The maximum atomic E-state index is 11.8. The zero-order valence-corrected chi connectivity index (χ0v) is 13.7. The van der Waals surface area contributed by atoms with E-state index in [1.807, 2.05) is 38.1 Å². The molecule has 0 unspecified atom stereocenters. The SMILES string of the molecule is CC(C)C[C@H](NC(=O)/C=C\C=C\c1ccc2c(c1)OCO2)C(=O)O. The Labute approximate surface area is 140 Å². The Morgan fingerprint density at radius 2 is 2.00 bits per heavy atom. The number of rotatable bonds is 7. The Morgan fingerprint density at radius 3 is 2.71 bits per heavy atom. The van der Waals surface area contributed by atoms with Crippen LogP contribution in [0.4, 0.5) is 0 Å². The summed E-state index contributed by atoms with van der Waals surface area (Å²) in [4.78, 5) is 22.9. The van der Waals surface area contributed by atoms with Gasteiger partial charge in [0.25, 0.3) is 0 Å². The van der Waals surface area contributed by atoms with E-state index in [1.165, 1.54) is 6.08 Å². The van der Waals surface area contributed by atoms with Crippen molar-refractivity contribution in [3.63, 3.8) is 0 Å². The maximum Gasteiger partial charge on any atom is 0.326 e. The highest BCUT2D eigenvalue weighted by Gasteiger charge is 2.19. The number of aliphatic carboxylic acids is 1. The second-order valence-corrected chi connectivity index (χ2v) is 5.86. The van der Waals surface area contributed by atoms with Crippen LogP contribution in [0.1, 0.15) is 25.8 Å². The van der Waals surface area contributed by atoms with Gasteiger partial charge in [-0.05, 0) is 30.0 Å². The van der Waals surface area contributed by atoms with Crippen molar-refractivity contribution >= 4 is 18.0 Å². The van der Waals surface area contributed by atoms with Gasteiger partial charge in [0, 0.05) is 6.08 Å². The minimum Gasteiger partial charge on any atom is -0.480 e. The lowest BCUT2D eigenvalue weighted by Crippen LogP contribution is -2.40. The molecule has 24 heavy (non-hydrogen) atoms. The zero-order valence-electron chi connectivity index (χ0n) is 13.7. The Bertz CT molecular complexity index is 663. The van der Waals surface area contributed by atoms with E-state index >= 15 is 0 Å². The minimum atomic E-state index is -1.03. The Hall–Kier alpha value is -2.76. The minimum absolute atomic E-state index is 0.182. The second kappa shape index (κ2) is 8.19. The third-order valence-corrected chi connectivity index (χ3v) is 3.37. The van der Waals surface area contributed by atoms with E-state index in [-0.39, 0.29) is 12.7 Å². The molecule has 1 aliphatic heterocycles. The molecule has 0 saturated carbocycles. The molecule has 1 aromatic rings. The highest BCUT2D eigenvalue weighted by molar-refractivity contribution is 5.91. The lowest BCUT2D eigenvalue weighted by molar-refractivity contribution is -0.141. The first-order valence-electron chi connectivity index (χ1n) is 7.73. The van der Waals surface area contributed by atoms with Crippen LogP contribution in [-0.2, 0) is 9.59 Å². The standard InChI is InChI=1S/C18H21NO5/c1-12(2)9-14(18(21)22)19-17(20)6-4-3-5-13-7-8-15-16(10-13)24-11-23-15/h3-8,10,12,14H,9,11H2,1-2H3,(H,19,20)(H,21,22)/b5-3+,6-4-/t14-/m0/s1. The summed E-state index contributed by atoms with van der Waals surface area (Å²) < 4.78 is 10.5. The molecular weight excluding hydrogens is 310 g/mol. The van der Waals surface area contributed by atoms with Gasteiger partial charge in [-0.25, -0.2) is 4.79 Å². The van der Waals surface area contributed by atoms with Crippen molar-refractivity contribution in [2.45, 2.75) is 26.3 Å².